The second-order valence-electron chi connectivity index (χ2n) is 6.06. The van der Waals surface area contributed by atoms with Gasteiger partial charge in [-0.1, -0.05) is 28.1 Å². The number of halogens is 1. The van der Waals surface area contributed by atoms with Crippen molar-refractivity contribution in [1.29, 1.82) is 0 Å². The van der Waals surface area contributed by atoms with Crippen LogP contribution in [0.4, 0.5) is 10.5 Å². The van der Waals surface area contributed by atoms with Crippen molar-refractivity contribution in [2.24, 2.45) is 0 Å². The van der Waals surface area contributed by atoms with E-state index in [2.05, 4.69) is 50.8 Å². The smallest absolute Gasteiger partial charge is 0.407 e. The first-order valence-corrected chi connectivity index (χ1v) is 8.03. The van der Waals surface area contributed by atoms with Gasteiger partial charge in [-0.25, -0.2) is 4.79 Å². The van der Waals surface area contributed by atoms with E-state index in [1.807, 2.05) is 32.9 Å². The lowest BCUT2D eigenvalue weighted by Gasteiger charge is -2.19. The molecule has 0 saturated carbocycles. The zero-order chi connectivity index (χ0) is 16.2. The third-order valence-electron chi connectivity index (χ3n) is 2.92. The zero-order valence-electron chi connectivity index (χ0n) is 13.1. The van der Waals surface area contributed by atoms with Gasteiger partial charge in [-0.15, -0.1) is 0 Å². The van der Waals surface area contributed by atoms with E-state index in [4.69, 9.17) is 4.74 Å². The number of carbonyl (C=O) groups excluding carboxylic acids is 1. The summed E-state index contributed by atoms with van der Waals surface area (Å²) in [7, 11) is 0. The van der Waals surface area contributed by atoms with Gasteiger partial charge in [-0.3, -0.25) is 0 Å². The van der Waals surface area contributed by atoms with Gasteiger partial charge >= 0.3 is 6.09 Å². The molecule has 0 radical (unpaired) electrons. The largest absolute Gasteiger partial charge is 0.444 e. The van der Waals surface area contributed by atoms with Crippen LogP contribution in [0.5, 0.6) is 0 Å². The minimum atomic E-state index is -0.468. The molecule has 0 aliphatic carbocycles. The van der Waals surface area contributed by atoms with Gasteiger partial charge in [0.15, 0.2) is 0 Å². The second kappa shape index (κ2) is 7.01. The number of hydrogen-bond acceptors (Lipinski definition) is 3. The summed E-state index contributed by atoms with van der Waals surface area (Å²) in [5.41, 5.74) is 0.560. The van der Waals surface area contributed by atoms with E-state index in [0.717, 1.165) is 10.2 Å². The van der Waals surface area contributed by atoms with Crippen molar-refractivity contribution < 1.29 is 9.53 Å². The molecule has 22 heavy (non-hydrogen) atoms. The highest BCUT2D eigenvalue weighted by Crippen LogP contribution is 2.22. The quantitative estimate of drug-likeness (QED) is 0.783. The summed E-state index contributed by atoms with van der Waals surface area (Å²) in [4.78, 5) is 11.5. The van der Waals surface area contributed by atoms with Crippen molar-refractivity contribution in [3.8, 4) is 0 Å². The van der Waals surface area contributed by atoms with Gasteiger partial charge in [0, 0.05) is 23.2 Å². The van der Waals surface area contributed by atoms with E-state index in [1.165, 1.54) is 10.8 Å². The average molecular weight is 365 g/mol. The van der Waals surface area contributed by atoms with Gasteiger partial charge in [-0.2, -0.15) is 0 Å². The topological polar surface area (TPSA) is 50.4 Å². The molecule has 0 fully saturated rings. The number of benzene rings is 2. The molecular weight excluding hydrogens is 344 g/mol. The Morgan fingerprint density at radius 3 is 2.50 bits per heavy atom. The van der Waals surface area contributed by atoms with E-state index in [0.29, 0.717) is 13.1 Å². The predicted molar refractivity (Wildman–Crippen MR) is 94.4 cm³/mol. The van der Waals surface area contributed by atoms with Gasteiger partial charge in [0.25, 0.3) is 0 Å². The first-order valence-electron chi connectivity index (χ1n) is 7.23. The number of fused-ring (bicyclic) bond motifs is 1. The Balaban J connectivity index is 1.82. The maximum atomic E-state index is 11.5. The summed E-state index contributed by atoms with van der Waals surface area (Å²) in [5.74, 6) is 0. The fourth-order valence-corrected chi connectivity index (χ4v) is 2.39. The van der Waals surface area contributed by atoms with E-state index in [-0.39, 0.29) is 0 Å². The Morgan fingerprint density at radius 1 is 1.09 bits per heavy atom. The molecule has 0 atom stereocenters. The fraction of sp³-hybridized carbons (Fsp3) is 0.353. The molecule has 0 heterocycles. The van der Waals surface area contributed by atoms with Crippen molar-refractivity contribution in [2.45, 2.75) is 26.4 Å². The molecule has 118 valence electrons. The number of anilines is 1. The highest BCUT2D eigenvalue weighted by atomic mass is 79.9. The van der Waals surface area contributed by atoms with Crippen molar-refractivity contribution in [2.75, 3.05) is 18.4 Å². The molecule has 0 aromatic heterocycles. The molecule has 0 spiro atoms. The molecule has 0 aliphatic rings. The third kappa shape index (κ3) is 5.22. The van der Waals surface area contributed by atoms with Crippen LogP contribution in [0.3, 0.4) is 0 Å². The van der Waals surface area contributed by atoms with Crippen LogP contribution in [-0.2, 0) is 4.74 Å². The molecule has 0 saturated heterocycles. The third-order valence-corrected chi connectivity index (χ3v) is 3.42. The average Bonchev–Trinajstić information content (AvgIpc) is 2.41. The minimum Gasteiger partial charge on any atom is -0.444 e. The number of amides is 1. The standard InChI is InChI=1S/C17H21BrN2O2/c1-17(2,3)22-16(21)20-9-8-19-15-7-5-12-10-14(18)6-4-13(12)11-15/h4-7,10-11,19H,8-9H2,1-3H3,(H,20,21). The number of rotatable bonds is 4. The highest BCUT2D eigenvalue weighted by Gasteiger charge is 2.15. The molecule has 2 aromatic rings. The van der Waals surface area contributed by atoms with Crippen LogP contribution in [0.15, 0.2) is 40.9 Å². The van der Waals surface area contributed by atoms with Crippen molar-refractivity contribution in [3.05, 3.63) is 40.9 Å². The highest BCUT2D eigenvalue weighted by molar-refractivity contribution is 9.10. The number of nitrogens with one attached hydrogen (secondary N) is 2. The Kier molecular flexibility index (Phi) is 5.29. The summed E-state index contributed by atoms with van der Waals surface area (Å²) >= 11 is 3.47. The number of alkyl carbamates (subject to hydrolysis) is 1. The molecular formula is C17H21BrN2O2. The Hall–Kier alpha value is -1.75. The SMILES string of the molecule is CC(C)(C)OC(=O)NCCNc1ccc2cc(Br)ccc2c1. The minimum absolute atomic E-state index is 0.391. The first-order chi connectivity index (χ1) is 10.3. The van der Waals surface area contributed by atoms with Crippen molar-refractivity contribution in [1.82, 2.24) is 5.32 Å². The van der Waals surface area contributed by atoms with Crippen LogP contribution in [0.25, 0.3) is 10.8 Å². The molecule has 4 nitrogen and oxygen atoms in total. The lowest BCUT2D eigenvalue weighted by molar-refractivity contribution is 0.0530. The lowest BCUT2D eigenvalue weighted by Crippen LogP contribution is -2.34. The summed E-state index contributed by atoms with van der Waals surface area (Å²) in [6.07, 6.45) is -0.391. The van der Waals surface area contributed by atoms with E-state index >= 15 is 0 Å². The summed E-state index contributed by atoms with van der Waals surface area (Å²) in [6.45, 7) is 6.68. The molecule has 2 N–H and O–H groups in total. The van der Waals surface area contributed by atoms with Gasteiger partial charge in [0.05, 0.1) is 0 Å². The van der Waals surface area contributed by atoms with Crippen LogP contribution in [0.2, 0.25) is 0 Å². The maximum absolute atomic E-state index is 11.5. The van der Waals surface area contributed by atoms with Crippen LogP contribution in [0, 0.1) is 0 Å². The first kappa shape index (κ1) is 16.6. The van der Waals surface area contributed by atoms with Crippen LogP contribution in [-0.4, -0.2) is 24.8 Å². The fourth-order valence-electron chi connectivity index (χ4n) is 2.01. The molecule has 0 bridgehead atoms. The maximum Gasteiger partial charge on any atom is 0.407 e. The van der Waals surface area contributed by atoms with Crippen LogP contribution >= 0.6 is 15.9 Å². The second-order valence-corrected chi connectivity index (χ2v) is 6.98. The van der Waals surface area contributed by atoms with Crippen molar-refractivity contribution >= 4 is 38.5 Å². The molecule has 5 heteroatoms. The molecule has 2 aromatic carbocycles. The Morgan fingerprint density at radius 2 is 1.77 bits per heavy atom. The lowest BCUT2D eigenvalue weighted by atomic mass is 10.1. The van der Waals surface area contributed by atoms with Gasteiger partial charge in [-0.05, 0) is 55.8 Å². The molecule has 1 amide bonds. The normalized spacial score (nSPS) is 11.3. The Labute approximate surface area is 139 Å². The Bertz CT molecular complexity index is 665. The molecule has 0 unspecified atom stereocenters. The van der Waals surface area contributed by atoms with E-state index in [1.54, 1.807) is 0 Å². The summed E-state index contributed by atoms with van der Waals surface area (Å²) in [6, 6.07) is 12.4. The predicted octanol–water partition coefficient (Wildman–Crippen LogP) is 4.54. The van der Waals surface area contributed by atoms with Gasteiger partial charge in [0.2, 0.25) is 0 Å². The monoisotopic (exact) mass is 364 g/mol. The van der Waals surface area contributed by atoms with Crippen LogP contribution in [0.1, 0.15) is 20.8 Å². The van der Waals surface area contributed by atoms with Gasteiger partial charge < -0.3 is 15.4 Å². The van der Waals surface area contributed by atoms with Crippen LogP contribution < -0.4 is 10.6 Å². The number of ether oxygens (including phenoxy) is 1. The molecule has 2 rings (SSSR count). The zero-order valence-corrected chi connectivity index (χ0v) is 14.7. The van der Waals surface area contributed by atoms with E-state index in [9.17, 15) is 4.79 Å². The van der Waals surface area contributed by atoms with Gasteiger partial charge in [0.1, 0.15) is 5.60 Å². The number of carbonyl (C=O) groups is 1. The van der Waals surface area contributed by atoms with Crippen molar-refractivity contribution in [3.63, 3.8) is 0 Å². The summed E-state index contributed by atoms with van der Waals surface area (Å²) < 4.78 is 6.25. The van der Waals surface area contributed by atoms with E-state index < -0.39 is 11.7 Å². The molecule has 0 aliphatic heterocycles. The number of hydrogen-bond donors (Lipinski definition) is 2. The summed E-state index contributed by atoms with van der Waals surface area (Å²) in [5, 5.41) is 8.37.